The van der Waals surface area contributed by atoms with Crippen molar-refractivity contribution in [1.29, 1.82) is 0 Å². The van der Waals surface area contributed by atoms with Crippen molar-refractivity contribution in [1.82, 2.24) is 25.2 Å². The lowest BCUT2D eigenvalue weighted by molar-refractivity contribution is -0.111. The highest BCUT2D eigenvalue weighted by molar-refractivity contribution is 6.30. The number of tetrazole rings is 1. The zero-order chi connectivity index (χ0) is 19.3. The first-order valence-corrected chi connectivity index (χ1v) is 8.61. The molecule has 4 aromatic rings. The van der Waals surface area contributed by atoms with Crippen LogP contribution in [0.2, 0.25) is 5.02 Å². The molecule has 1 aromatic carbocycles. The quantitative estimate of drug-likeness (QED) is 0.521. The maximum absolute atomic E-state index is 13.0. The topological polar surface area (TPSA) is 98.7 Å². The summed E-state index contributed by atoms with van der Waals surface area (Å²) in [6.45, 7) is 0. The van der Waals surface area contributed by atoms with Gasteiger partial charge in [0, 0.05) is 17.8 Å². The minimum Gasteiger partial charge on any atom is -0.465 e. The second kappa shape index (κ2) is 7.85. The van der Waals surface area contributed by atoms with Gasteiger partial charge in [-0.2, -0.15) is 4.68 Å². The molecular formula is C19H13ClN6O2. The van der Waals surface area contributed by atoms with Crippen LogP contribution in [-0.4, -0.2) is 31.1 Å². The fourth-order valence-electron chi connectivity index (χ4n) is 2.48. The second-order valence-corrected chi connectivity index (χ2v) is 6.08. The number of pyridine rings is 1. The molecule has 0 aliphatic rings. The Morgan fingerprint density at radius 3 is 2.68 bits per heavy atom. The summed E-state index contributed by atoms with van der Waals surface area (Å²) >= 11 is 5.85. The number of hydrogen-bond donors (Lipinski definition) is 1. The van der Waals surface area contributed by atoms with Crippen LogP contribution in [-0.2, 0) is 4.79 Å². The molecule has 0 bridgehead atoms. The molecular weight excluding hydrogens is 380 g/mol. The van der Waals surface area contributed by atoms with E-state index < -0.39 is 5.91 Å². The zero-order valence-corrected chi connectivity index (χ0v) is 15.1. The Kier molecular flexibility index (Phi) is 4.94. The minimum absolute atomic E-state index is 0.163. The molecule has 0 aliphatic heterocycles. The smallest absolute Gasteiger partial charge is 0.275 e. The maximum atomic E-state index is 13.0. The highest BCUT2D eigenvalue weighted by Gasteiger charge is 2.20. The van der Waals surface area contributed by atoms with Crippen LogP contribution in [0.3, 0.4) is 0 Å². The third kappa shape index (κ3) is 3.81. The number of nitrogens with zero attached hydrogens (tertiary/aromatic N) is 5. The Morgan fingerprint density at radius 2 is 1.96 bits per heavy atom. The van der Waals surface area contributed by atoms with E-state index in [9.17, 15) is 4.79 Å². The number of carbonyl (C=O) groups excluding carboxylic acids is 1. The zero-order valence-electron chi connectivity index (χ0n) is 14.4. The highest BCUT2D eigenvalue weighted by Crippen LogP contribution is 2.21. The van der Waals surface area contributed by atoms with Gasteiger partial charge < -0.3 is 9.73 Å². The van der Waals surface area contributed by atoms with E-state index in [1.807, 2.05) is 30.3 Å². The molecule has 0 fully saturated rings. The number of rotatable bonds is 5. The SMILES string of the molecule is O=C(Nc1ccc(Cl)cn1)/C(=C/c1ccco1)n1nnnc1-c1ccccc1. The first kappa shape index (κ1) is 17.6. The molecule has 1 amide bonds. The molecule has 9 heteroatoms. The summed E-state index contributed by atoms with van der Waals surface area (Å²) in [6.07, 6.45) is 4.51. The predicted molar refractivity (Wildman–Crippen MR) is 104 cm³/mol. The molecule has 0 spiro atoms. The summed E-state index contributed by atoms with van der Waals surface area (Å²) in [5, 5.41) is 15.0. The van der Waals surface area contributed by atoms with Crippen molar-refractivity contribution in [3.05, 3.63) is 77.8 Å². The first-order chi connectivity index (χ1) is 13.7. The van der Waals surface area contributed by atoms with Crippen molar-refractivity contribution in [2.45, 2.75) is 0 Å². The van der Waals surface area contributed by atoms with E-state index in [0.717, 1.165) is 5.56 Å². The summed E-state index contributed by atoms with van der Waals surface area (Å²) in [4.78, 5) is 17.1. The summed E-state index contributed by atoms with van der Waals surface area (Å²) in [5.74, 6) is 0.770. The molecule has 0 unspecified atom stereocenters. The van der Waals surface area contributed by atoms with Crippen LogP contribution in [0, 0.1) is 0 Å². The van der Waals surface area contributed by atoms with Gasteiger partial charge in [0.25, 0.3) is 5.91 Å². The van der Waals surface area contributed by atoms with Gasteiger partial charge in [0.15, 0.2) is 5.82 Å². The summed E-state index contributed by atoms with van der Waals surface area (Å²) in [5.41, 5.74) is 0.922. The lowest BCUT2D eigenvalue weighted by atomic mass is 10.2. The molecule has 138 valence electrons. The molecule has 0 aliphatic carbocycles. The van der Waals surface area contributed by atoms with Crippen LogP contribution < -0.4 is 5.32 Å². The number of nitrogens with one attached hydrogen (secondary N) is 1. The number of anilines is 1. The first-order valence-electron chi connectivity index (χ1n) is 8.23. The van der Waals surface area contributed by atoms with Crippen molar-refractivity contribution in [3.63, 3.8) is 0 Å². The van der Waals surface area contributed by atoms with Crippen molar-refractivity contribution in [2.75, 3.05) is 5.32 Å². The van der Waals surface area contributed by atoms with Gasteiger partial charge in [-0.3, -0.25) is 4.79 Å². The van der Waals surface area contributed by atoms with E-state index >= 15 is 0 Å². The molecule has 0 atom stereocenters. The van der Waals surface area contributed by atoms with Gasteiger partial charge >= 0.3 is 0 Å². The van der Waals surface area contributed by atoms with Gasteiger partial charge in [0.05, 0.1) is 11.3 Å². The van der Waals surface area contributed by atoms with Crippen molar-refractivity contribution < 1.29 is 9.21 Å². The van der Waals surface area contributed by atoms with E-state index in [1.54, 1.807) is 30.3 Å². The fraction of sp³-hybridized carbons (Fsp3) is 0. The van der Waals surface area contributed by atoms with Gasteiger partial charge in [-0.05, 0) is 34.7 Å². The number of amides is 1. The number of benzene rings is 1. The van der Waals surface area contributed by atoms with Crippen LogP contribution >= 0.6 is 11.6 Å². The number of aromatic nitrogens is 5. The Labute approximate surface area is 164 Å². The maximum Gasteiger partial charge on any atom is 0.275 e. The minimum atomic E-state index is -0.462. The number of carbonyl (C=O) groups is 1. The third-order valence-electron chi connectivity index (χ3n) is 3.75. The van der Waals surface area contributed by atoms with Crippen molar-refractivity contribution in [2.24, 2.45) is 0 Å². The van der Waals surface area contributed by atoms with E-state index in [0.29, 0.717) is 22.4 Å². The average Bonchev–Trinajstić information content (AvgIpc) is 3.40. The molecule has 28 heavy (non-hydrogen) atoms. The number of hydrogen-bond acceptors (Lipinski definition) is 6. The van der Waals surface area contributed by atoms with Crippen LogP contribution in [0.5, 0.6) is 0 Å². The predicted octanol–water partition coefficient (Wildman–Crippen LogP) is 3.62. The lowest BCUT2D eigenvalue weighted by Crippen LogP contribution is -2.20. The van der Waals surface area contributed by atoms with Crippen LogP contribution in [0.1, 0.15) is 5.76 Å². The van der Waals surface area contributed by atoms with E-state index in [1.165, 1.54) is 17.1 Å². The highest BCUT2D eigenvalue weighted by atomic mass is 35.5. The lowest BCUT2D eigenvalue weighted by Gasteiger charge is -2.10. The molecule has 8 nitrogen and oxygen atoms in total. The monoisotopic (exact) mass is 392 g/mol. The number of furan rings is 1. The largest absolute Gasteiger partial charge is 0.465 e. The summed E-state index contributed by atoms with van der Waals surface area (Å²) < 4.78 is 6.70. The summed E-state index contributed by atoms with van der Waals surface area (Å²) in [6, 6.07) is 16.0. The standard InChI is InChI=1S/C19H13ClN6O2/c20-14-8-9-17(21-12-14)22-19(27)16(11-15-7-4-10-28-15)26-18(23-24-25-26)13-5-2-1-3-6-13/h1-12H,(H,21,22,27)/b16-11-. The molecule has 3 aromatic heterocycles. The van der Waals surface area contributed by atoms with E-state index in [2.05, 4.69) is 25.8 Å². The van der Waals surface area contributed by atoms with Crippen molar-refractivity contribution in [3.8, 4) is 11.4 Å². The molecule has 3 heterocycles. The average molecular weight is 393 g/mol. The molecule has 4 rings (SSSR count). The Balaban J connectivity index is 1.74. The normalized spacial score (nSPS) is 11.4. The summed E-state index contributed by atoms with van der Waals surface area (Å²) in [7, 11) is 0. The van der Waals surface area contributed by atoms with Crippen LogP contribution in [0.4, 0.5) is 5.82 Å². The van der Waals surface area contributed by atoms with E-state index in [-0.39, 0.29) is 5.70 Å². The molecule has 1 N–H and O–H groups in total. The van der Waals surface area contributed by atoms with Gasteiger partial charge in [-0.1, -0.05) is 41.9 Å². The fourth-order valence-corrected chi connectivity index (χ4v) is 2.59. The number of halogens is 1. The van der Waals surface area contributed by atoms with Crippen LogP contribution in [0.15, 0.2) is 71.5 Å². The van der Waals surface area contributed by atoms with Gasteiger partial charge in [-0.25, -0.2) is 4.98 Å². The Hall–Kier alpha value is -3.78. The Morgan fingerprint density at radius 1 is 1.11 bits per heavy atom. The molecule has 0 saturated heterocycles. The molecule has 0 saturated carbocycles. The van der Waals surface area contributed by atoms with Gasteiger partial charge in [-0.15, -0.1) is 5.10 Å². The van der Waals surface area contributed by atoms with Gasteiger partial charge in [0.1, 0.15) is 17.3 Å². The Bertz CT molecular complexity index is 1110. The van der Waals surface area contributed by atoms with Crippen LogP contribution in [0.25, 0.3) is 23.2 Å². The van der Waals surface area contributed by atoms with E-state index in [4.69, 9.17) is 16.0 Å². The van der Waals surface area contributed by atoms with Crippen molar-refractivity contribution >= 4 is 35.1 Å². The third-order valence-corrected chi connectivity index (χ3v) is 3.98. The van der Waals surface area contributed by atoms with Gasteiger partial charge in [0.2, 0.25) is 0 Å². The molecule has 0 radical (unpaired) electrons. The second-order valence-electron chi connectivity index (χ2n) is 5.64.